The summed E-state index contributed by atoms with van der Waals surface area (Å²) < 4.78 is 0. The average Bonchev–Trinajstić information content (AvgIpc) is 2.61. The summed E-state index contributed by atoms with van der Waals surface area (Å²) in [6.45, 7) is 3.24. The van der Waals surface area contributed by atoms with E-state index >= 15 is 0 Å². The molecule has 1 heterocycles. The molecule has 0 bridgehead atoms. The lowest BCUT2D eigenvalue weighted by molar-refractivity contribution is 0.405. The van der Waals surface area contributed by atoms with Crippen LogP contribution in [-0.2, 0) is 12.8 Å². The Morgan fingerprint density at radius 1 is 1.47 bits per heavy atom. The molecule has 17 heavy (non-hydrogen) atoms. The number of fused-ring (bicyclic) bond motifs is 1. The van der Waals surface area contributed by atoms with Crippen molar-refractivity contribution in [2.45, 2.75) is 38.3 Å². The summed E-state index contributed by atoms with van der Waals surface area (Å²) >= 11 is 1.76. The molecule has 4 nitrogen and oxygen atoms in total. The number of nitrogens with two attached hydrogens (primary N) is 1. The van der Waals surface area contributed by atoms with Crippen molar-refractivity contribution in [3.63, 3.8) is 0 Å². The lowest BCUT2D eigenvalue weighted by atomic mass is 9.93. The van der Waals surface area contributed by atoms with Crippen molar-refractivity contribution in [3.8, 4) is 0 Å². The first-order valence-corrected chi connectivity index (χ1v) is 6.09. The molecule has 2 unspecified atom stereocenters. The van der Waals surface area contributed by atoms with E-state index in [4.69, 9.17) is 5.73 Å². The molecule has 0 aromatic carbocycles. The van der Waals surface area contributed by atoms with Crippen molar-refractivity contribution in [3.05, 3.63) is 16.1 Å². The van der Waals surface area contributed by atoms with Crippen LogP contribution in [0.1, 0.15) is 23.9 Å². The van der Waals surface area contributed by atoms with Crippen LogP contribution in [-0.4, -0.2) is 29.1 Å². The molecular weight excluding hydrogens is 281 g/mol. The van der Waals surface area contributed by atoms with Gasteiger partial charge in [-0.2, -0.15) is 0 Å². The van der Waals surface area contributed by atoms with Gasteiger partial charge in [0, 0.05) is 29.8 Å². The Kier molecular flexibility index (Phi) is 10.4. The molecule has 0 radical (unpaired) electrons. The summed E-state index contributed by atoms with van der Waals surface area (Å²) in [5, 5.41) is 3.51. The maximum Gasteiger partial charge on any atom is 0.0797 e. The standard InChI is InChI=1S/C10H17N3S.2ClH.H2O/c1-2-3-12-8-5-10-9(4-7(8)11)13-6-14-10;;;/h6-8,12H,2-5,11H2,1H3;2*1H;1H2. The van der Waals surface area contributed by atoms with Crippen LogP contribution in [0, 0.1) is 0 Å². The molecule has 2 rings (SSSR count). The fourth-order valence-corrected chi connectivity index (χ4v) is 2.75. The number of hydrogen-bond acceptors (Lipinski definition) is 4. The Hall–Kier alpha value is 0.0900. The maximum absolute atomic E-state index is 6.10. The predicted molar refractivity (Wildman–Crippen MR) is 77.7 cm³/mol. The highest BCUT2D eigenvalue weighted by Crippen LogP contribution is 2.23. The molecular formula is C10H21Cl2N3OS. The number of hydrogen-bond donors (Lipinski definition) is 2. The number of aromatic nitrogens is 1. The van der Waals surface area contributed by atoms with Crippen LogP contribution in [0.2, 0.25) is 0 Å². The first-order valence-electron chi connectivity index (χ1n) is 5.21. The van der Waals surface area contributed by atoms with E-state index < -0.39 is 0 Å². The van der Waals surface area contributed by atoms with Crippen LogP contribution in [0.5, 0.6) is 0 Å². The van der Waals surface area contributed by atoms with Gasteiger partial charge in [0.05, 0.1) is 11.2 Å². The number of halogens is 2. The zero-order valence-electron chi connectivity index (χ0n) is 9.81. The summed E-state index contributed by atoms with van der Waals surface area (Å²) in [5.41, 5.74) is 9.25. The van der Waals surface area contributed by atoms with Crippen LogP contribution in [0.15, 0.2) is 5.51 Å². The molecule has 7 heteroatoms. The van der Waals surface area contributed by atoms with Gasteiger partial charge in [0.25, 0.3) is 0 Å². The third kappa shape index (κ3) is 4.69. The molecule has 102 valence electrons. The zero-order valence-corrected chi connectivity index (χ0v) is 12.3. The Morgan fingerprint density at radius 2 is 2.18 bits per heavy atom. The first kappa shape index (κ1) is 19.4. The van der Waals surface area contributed by atoms with Crippen LogP contribution >= 0.6 is 36.2 Å². The number of rotatable bonds is 3. The number of thiazole rings is 1. The van der Waals surface area contributed by atoms with Gasteiger partial charge < -0.3 is 16.5 Å². The van der Waals surface area contributed by atoms with E-state index in [2.05, 4.69) is 17.2 Å². The van der Waals surface area contributed by atoms with Crippen LogP contribution in [0.25, 0.3) is 0 Å². The largest absolute Gasteiger partial charge is 0.412 e. The second-order valence-electron chi connectivity index (χ2n) is 3.85. The quantitative estimate of drug-likeness (QED) is 0.872. The van der Waals surface area contributed by atoms with Gasteiger partial charge in [-0.1, -0.05) is 6.92 Å². The minimum atomic E-state index is 0. The van der Waals surface area contributed by atoms with E-state index in [0.29, 0.717) is 6.04 Å². The second-order valence-corrected chi connectivity index (χ2v) is 4.79. The Bertz CT molecular complexity index is 311. The maximum atomic E-state index is 6.10. The molecule has 0 amide bonds. The van der Waals surface area contributed by atoms with Crippen molar-refractivity contribution in [2.24, 2.45) is 5.73 Å². The summed E-state index contributed by atoms with van der Waals surface area (Å²) in [6.07, 6.45) is 3.15. The van der Waals surface area contributed by atoms with Gasteiger partial charge >= 0.3 is 0 Å². The highest BCUT2D eigenvalue weighted by molar-refractivity contribution is 7.09. The normalized spacial score (nSPS) is 21.5. The topological polar surface area (TPSA) is 82.4 Å². The Balaban J connectivity index is 0. The zero-order chi connectivity index (χ0) is 9.97. The third-order valence-electron chi connectivity index (χ3n) is 2.73. The summed E-state index contributed by atoms with van der Waals surface area (Å²) in [5.74, 6) is 0. The van der Waals surface area contributed by atoms with E-state index in [1.54, 1.807) is 11.3 Å². The van der Waals surface area contributed by atoms with E-state index in [-0.39, 0.29) is 36.3 Å². The fourth-order valence-electron chi connectivity index (χ4n) is 1.90. The van der Waals surface area contributed by atoms with Gasteiger partial charge in [-0.3, -0.25) is 0 Å². The van der Waals surface area contributed by atoms with Crippen LogP contribution in [0.3, 0.4) is 0 Å². The summed E-state index contributed by atoms with van der Waals surface area (Å²) in [6, 6.07) is 0.680. The minimum absolute atomic E-state index is 0. The lowest BCUT2D eigenvalue weighted by Crippen LogP contribution is -2.50. The molecule has 0 spiro atoms. The van der Waals surface area contributed by atoms with Gasteiger partial charge in [0.1, 0.15) is 0 Å². The van der Waals surface area contributed by atoms with Gasteiger partial charge in [-0.05, 0) is 13.0 Å². The molecule has 1 aliphatic carbocycles. The lowest BCUT2D eigenvalue weighted by Gasteiger charge is -2.28. The van der Waals surface area contributed by atoms with E-state index in [9.17, 15) is 0 Å². The van der Waals surface area contributed by atoms with Crippen molar-refractivity contribution < 1.29 is 5.48 Å². The van der Waals surface area contributed by atoms with Crippen molar-refractivity contribution >= 4 is 36.2 Å². The molecule has 0 fully saturated rings. The van der Waals surface area contributed by atoms with Crippen LogP contribution < -0.4 is 11.1 Å². The summed E-state index contributed by atoms with van der Waals surface area (Å²) in [7, 11) is 0. The molecule has 0 aliphatic heterocycles. The molecule has 1 aliphatic rings. The van der Waals surface area contributed by atoms with Gasteiger partial charge in [0.15, 0.2) is 0 Å². The highest BCUT2D eigenvalue weighted by atomic mass is 35.5. The van der Waals surface area contributed by atoms with Gasteiger partial charge in [0.2, 0.25) is 0 Å². The van der Waals surface area contributed by atoms with Crippen molar-refractivity contribution in [1.82, 2.24) is 10.3 Å². The monoisotopic (exact) mass is 301 g/mol. The fraction of sp³-hybridized carbons (Fsp3) is 0.700. The number of nitrogens with one attached hydrogen (secondary N) is 1. The average molecular weight is 302 g/mol. The first-order chi connectivity index (χ1) is 6.81. The van der Waals surface area contributed by atoms with E-state index in [1.165, 1.54) is 17.0 Å². The second kappa shape index (κ2) is 9.08. The smallest absolute Gasteiger partial charge is 0.0797 e. The molecule has 0 saturated heterocycles. The SMILES string of the molecule is CCCNC1Cc2scnc2CC1N.Cl.Cl.O. The predicted octanol–water partition coefficient (Wildman–Crippen LogP) is 0.956. The molecule has 1 aromatic rings. The van der Waals surface area contributed by atoms with Gasteiger partial charge in [-0.25, -0.2) is 4.98 Å². The Labute approximate surface area is 119 Å². The molecule has 5 N–H and O–H groups in total. The van der Waals surface area contributed by atoms with E-state index in [0.717, 1.165) is 19.4 Å². The minimum Gasteiger partial charge on any atom is -0.412 e. The van der Waals surface area contributed by atoms with E-state index in [1.807, 2.05) is 5.51 Å². The molecule has 1 aromatic heterocycles. The van der Waals surface area contributed by atoms with Crippen molar-refractivity contribution in [1.29, 1.82) is 0 Å². The van der Waals surface area contributed by atoms with Crippen molar-refractivity contribution in [2.75, 3.05) is 6.54 Å². The molecule has 0 saturated carbocycles. The summed E-state index contributed by atoms with van der Waals surface area (Å²) in [4.78, 5) is 5.75. The Morgan fingerprint density at radius 3 is 2.82 bits per heavy atom. The third-order valence-corrected chi connectivity index (χ3v) is 3.63. The van der Waals surface area contributed by atoms with Crippen LogP contribution in [0.4, 0.5) is 0 Å². The number of nitrogens with zero attached hydrogens (tertiary/aromatic N) is 1. The van der Waals surface area contributed by atoms with Gasteiger partial charge in [-0.15, -0.1) is 36.2 Å². The highest BCUT2D eigenvalue weighted by Gasteiger charge is 2.26. The molecule has 2 atom stereocenters.